The molecule has 1 atom stereocenters. The molecule has 0 spiro atoms. The molecule has 2 nitrogen and oxygen atoms in total. The molecule has 2 heteroatoms. The van der Waals surface area contributed by atoms with Crippen molar-refractivity contribution in [3.05, 3.63) is 34.9 Å². The van der Waals surface area contributed by atoms with Gasteiger partial charge < -0.3 is 5.32 Å². The quantitative estimate of drug-likeness (QED) is 0.743. The number of benzene rings is 1. The molecular weight excluding hydrogens is 186 g/mol. The van der Waals surface area contributed by atoms with Crippen LogP contribution in [-0.2, 0) is 0 Å². The Morgan fingerprint density at radius 3 is 2.80 bits per heavy atom. The lowest BCUT2D eigenvalue weighted by atomic mass is 9.77. The Morgan fingerprint density at radius 1 is 1.33 bits per heavy atom. The van der Waals surface area contributed by atoms with Gasteiger partial charge in [0.05, 0.1) is 6.04 Å². The summed E-state index contributed by atoms with van der Waals surface area (Å²) in [5.41, 5.74) is 3.36. The minimum atomic E-state index is 0.113. The highest BCUT2D eigenvalue weighted by Gasteiger charge is 2.36. The molecule has 1 heterocycles. The first kappa shape index (κ1) is 8.96. The van der Waals surface area contributed by atoms with Gasteiger partial charge in [0.1, 0.15) is 0 Å². The van der Waals surface area contributed by atoms with Gasteiger partial charge in [0.25, 0.3) is 5.91 Å². The number of fused-ring (bicyclic) bond motifs is 1. The first-order valence-corrected chi connectivity index (χ1v) is 5.67. The fourth-order valence-electron chi connectivity index (χ4n) is 2.59. The maximum absolute atomic E-state index is 11.7. The van der Waals surface area contributed by atoms with Gasteiger partial charge in [-0.1, -0.05) is 24.1 Å². The summed E-state index contributed by atoms with van der Waals surface area (Å²) in [6, 6.07) is 6.43. The monoisotopic (exact) mass is 201 g/mol. The van der Waals surface area contributed by atoms with Crippen molar-refractivity contribution in [2.75, 3.05) is 0 Å². The lowest BCUT2D eigenvalue weighted by molar-refractivity contribution is 0.0932. The van der Waals surface area contributed by atoms with E-state index in [1.165, 1.54) is 30.4 Å². The zero-order chi connectivity index (χ0) is 10.4. The number of rotatable bonds is 1. The Bertz CT molecular complexity index is 421. The second kappa shape index (κ2) is 3.09. The molecular formula is C13H15NO. The van der Waals surface area contributed by atoms with E-state index in [0.29, 0.717) is 12.0 Å². The fraction of sp³-hybridized carbons (Fsp3) is 0.462. The molecule has 0 aromatic heterocycles. The number of carbonyl (C=O) groups is 1. The largest absolute Gasteiger partial charge is 0.345 e. The second-order valence-corrected chi connectivity index (χ2v) is 4.73. The Hall–Kier alpha value is -1.31. The molecule has 1 aliphatic heterocycles. The maximum Gasteiger partial charge on any atom is 0.252 e. The van der Waals surface area contributed by atoms with Crippen LogP contribution in [0.1, 0.15) is 46.8 Å². The van der Waals surface area contributed by atoms with Crippen LogP contribution in [0.5, 0.6) is 0 Å². The SMILES string of the molecule is Cc1ccc2c(c1)C(C1CCC1)NC2=O. The van der Waals surface area contributed by atoms with E-state index < -0.39 is 0 Å². The Labute approximate surface area is 89.7 Å². The van der Waals surface area contributed by atoms with Crippen LogP contribution in [0.15, 0.2) is 18.2 Å². The van der Waals surface area contributed by atoms with Gasteiger partial charge in [0.2, 0.25) is 0 Å². The summed E-state index contributed by atoms with van der Waals surface area (Å²) in [6.07, 6.45) is 3.84. The molecule has 78 valence electrons. The van der Waals surface area contributed by atoms with Crippen LogP contribution in [0.4, 0.5) is 0 Å². The van der Waals surface area contributed by atoms with Crippen LogP contribution < -0.4 is 5.32 Å². The molecule has 1 aromatic carbocycles. The summed E-state index contributed by atoms with van der Waals surface area (Å²) in [5.74, 6) is 0.791. The molecule has 15 heavy (non-hydrogen) atoms. The molecule has 1 fully saturated rings. The fourth-order valence-corrected chi connectivity index (χ4v) is 2.59. The number of hydrogen-bond donors (Lipinski definition) is 1. The molecule has 3 rings (SSSR count). The van der Waals surface area contributed by atoms with E-state index in [1.807, 2.05) is 12.1 Å². The maximum atomic E-state index is 11.7. The van der Waals surface area contributed by atoms with Crippen molar-refractivity contribution in [2.45, 2.75) is 32.2 Å². The number of hydrogen-bond acceptors (Lipinski definition) is 1. The van der Waals surface area contributed by atoms with Crippen molar-refractivity contribution >= 4 is 5.91 Å². The highest BCUT2D eigenvalue weighted by Crippen LogP contribution is 2.41. The first-order chi connectivity index (χ1) is 7.25. The molecule has 0 bridgehead atoms. The zero-order valence-corrected chi connectivity index (χ0v) is 8.92. The van der Waals surface area contributed by atoms with Crippen LogP contribution in [0.25, 0.3) is 0 Å². The molecule has 1 N–H and O–H groups in total. The third kappa shape index (κ3) is 1.28. The zero-order valence-electron chi connectivity index (χ0n) is 8.92. The van der Waals surface area contributed by atoms with Crippen molar-refractivity contribution in [1.29, 1.82) is 0 Å². The standard InChI is InChI=1S/C13H15NO/c1-8-5-6-10-11(7-8)12(14-13(10)15)9-3-2-4-9/h5-7,9,12H,2-4H2,1H3,(H,14,15). The minimum absolute atomic E-state index is 0.113. The summed E-state index contributed by atoms with van der Waals surface area (Å²) in [4.78, 5) is 11.7. The summed E-state index contributed by atoms with van der Waals surface area (Å²) in [6.45, 7) is 2.08. The molecule has 1 unspecified atom stereocenters. The van der Waals surface area contributed by atoms with E-state index in [2.05, 4.69) is 18.3 Å². The van der Waals surface area contributed by atoms with Crippen molar-refractivity contribution in [2.24, 2.45) is 5.92 Å². The smallest absolute Gasteiger partial charge is 0.252 e. The number of carbonyl (C=O) groups excluding carboxylic acids is 1. The summed E-state index contributed by atoms with van der Waals surface area (Å²) in [5, 5.41) is 3.11. The Balaban J connectivity index is 2.03. The van der Waals surface area contributed by atoms with E-state index in [1.54, 1.807) is 0 Å². The van der Waals surface area contributed by atoms with Crippen LogP contribution >= 0.6 is 0 Å². The van der Waals surface area contributed by atoms with Gasteiger partial charge in [-0.3, -0.25) is 4.79 Å². The van der Waals surface area contributed by atoms with E-state index in [9.17, 15) is 4.79 Å². The molecule has 0 radical (unpaired) electrons. The van der Waals surface area contributed by atoms with Crippen LogP contribution in [0.3, 0.4) is 0 Å². The number of nitrogens with one attached hydrogen (secondary N) is 1. The molecule has 2 aliphatic rings. The summed E-state index contributed by atoms with van der Waals surface area (Å²) in [7, 11) is 0. The topological polar surface area (TPSA) is 29.1 Å². The predicted octanol–water partition coefficient (Wildman–Crippen LogP) is 2.58. The number of aryl methyl sites for hydroxylation is 1. The van der Waals surface area contributed by atoms with Crippen LogP contribution in [0.2, 0.25) is 0 Å². The molecule has 0 saturated heterocycles. The van der Waals surface area contributed by atoms with Crippen molar-refractivity contribution in [3.63, 3.8) is 0 Å². The predicted molar refractivity (Wildman–Crippen MR) is 58.7 cm³/mol. The van der Waals surface area contributed by atoms with Gasteiger partial charge in [-0.25, -0.2) is 0 Å². The van der Waals surface area contributed by atoms with Crippen LogP contribution in [-0.4, -0.2) is 5.91 Å². The average molecular weight is 201 g/mol. The Kier molecular flexibility index (Phi) is 1.84. The highest BCUT2D eigenvalue weighted by atomic mass is 16.2. The first-order valence-electron chi connectivity index (χ1n) is 5.67. The summed E-state index contributed by atoms with van der Waals surface area (Å²) >= 11 is 0. The summed E-state index contributed by atoms with van der Waals surface area (Å²) < 4.78 is 0. The van der Waals surface area contributed by atoms with Crippen molar-refractivity contribution in [3.8, 4) is 0 Å². The van der Waals surface area contributed by atoms with Crippen molar-refractivity contribution in [1.82, 2.24) is 5.32 Å². The third-order valence-electron chi connectivity index (χ3n) is 3.69. The second-order valence-electron chi connectivity index (χ2n) is 4.73. The lowest BCUT2D eigenvalue weighted by Gasteiger charge is -2.31. The van der Waals surface area contributed by atoms with E-state index in [-0.39, 0.29) is 5.91 Å². The van der Waals surface area contributed by atoms with E-state index in [4.69, 9.17) is 0 Å². The van der Waals surface area contributed by atoms with Gasteiger partial charge in [-0.2, -0.15) is 0 Å². The highest BCUT2D eigenvalue weighted by molar-refractivity contribution is 5.99. The molecule has 1 aromatic rings. The van der Waals surface area contributed by atoms with Crippen molar-refractivity contribution < 1.29 is 4.79 Å². The lowest BCUT2D eigenvalue weighted by Crippen LogP contribution is -2.29. The van der Waals surface area contributed by atoms with E-state index in [0.717, 1.165) is 5.56 Å². The van der Waals surface area contributed by atoms with E-state index >= 15 is 0 Å². The Morgan fingerprint density at radius 2 is 2.13 bits per heavy atom. The van der Waals surface area contributed by atoms with Gasteiger partial charge in [0, 0.05) is 5.56 Å². The van der Waals surface area contributed by atoms with Gasteiger partial charge >= 0.3 is 0 Å². The molecule has 1 saturated carbocycles. The average Bonchev–Trinajstić information content (AvgIpc) is 2.41. The van der Waals surface area contributed by atoms with Crippen LogP contribution in [0, 0.1) is 12.8 Å². The van der Waals surface area contributed by atoms with Gasteiger partial charge in [0.15, 0.2) is 0 Å². The number of amides is 1. The van der Waals surface area contributed by atoms with Gasteiger partial charge in [-0.15, -0.1) is 0 Å². The molecule has 1 amide bonds. The van der Waals surface area contributed by atoms with Gasteiger partial charge in [-0.05, 0) is 37.3 Å². The normalized spacial score (nSPS) is 24.6. The minimum Gasteiger partial charge on any atom is -0.345 e. The third-order valence-corrected chi connectivity index (χ3v) is 3.69. The molecule has 1 aliphatic carbocycles.